The van der Waals surface area contributed by atoms with Crippen molar-refractivity contribution in [3.63, 3.8) is 0 Å². The van der Waals surface area contributed by atoms with Crippen LogP contribution in [0.15, 0.2) is 29.4 Å². The van der Waals surface area contributed by atoms with Crippen LogP contribution in [-0.4, -0.2) is 43.4 Å². The Bertz CT molecular complexity index is 1000. The summed E-state index contributed by atoms with van der Waals surface area (Å²) in [4.78, 5) is 35.5. The largest absolute Gasteiger partial charge is 0.368 e. The first-order chi connectivity index (χ1) is 14.9. The lowest BCUT2D eigenvalue weighted by atomic mass is 9.79. The molecule has 1 atom stereocenters. The maximum absolute atomic E-state index is 12.8. The van der Waals surface area contributed by atoms with Gasteiger partial charge in [0.15, 0.2) is 12.0 Å². The molecule has 5 rings (SSSR count). The maximum atomic E-state index is 12.8. The van der Waals surface area contributed by atoms with Gasteiger partial charge in [-0.05, 0) is 51.2 Å². The number of aromatic nitrogens is 2. The molecule has 31 heavy (non-hydrogen) atoms. The summed E-state index contributed by atoms with van der Waals surface area (Å²) in [5.41, 5.74) is 2.51. The van der Waals surface area contributed by atoms with Crippen LogP contribution in [0.2, 0.25) is 0 Å². The van der Waals surface area contributed by atoms with Crippen molar-refractivity contribution in [2.24, 2.45) is 5.92 Å². The Morgan fingerprint density at radius 1 is 1.16 bits per heavy atom. The van der Waals surface area contributed by atoms with Crippen molar-refractivity contribution in [1.29, 1.82) is 0 Å². The minimum Gasteiger partial charge on any atom is -0.368 e. The summed E-state index contributed by atoms with van der Waals surface area (Å²) in [5, 5.41) is 17.5. The molecule has 3 N–H and O–H groups in total. The van der Waals surface area contributed by atoms with Gasteiger partial charge < -0.3 is 20.6 Å². The van der Waals surface area contributed by atoms with Crippen LogP contribution in [0.5, 0.6) is 0 Å². The number of nitrogens with zero attached hydrogens (tertiary/aromatic N) is 3. The minimum absolute atomic E-state index is 0.0112. The predicted octanol–water partition coefficient (Wildman–Crippen LogP) is 3.01. The summed E-state index contributed by atoms with van der Waals surface area (Å²) in [6.45, 7) is 3.76. The maximum Gasteiger partial charge on any atom is 0.228 e. The molecule has 4 aliphatic rings. The summed E-state index contributed by atoms with van der Waals surface area (Å²) in [6, 6.07) is 0. The van der Waals surface area contributed by atoms with Gasteiger partial charge in [0.1, 0.15) is 18.0 Å². The van der Waals surface area contributed by atoms with Crippen molar-refractivity contribution in [2.75, 3.05) is 10.6 Å². The first kappa shape index (κ1) is 20.2. The molecule has 2 saturated carbocycles. The highest BCUT2D eigenvalue weighted by molar-refractivity contribution is 6.00. The minimum atomic E-state index is -0.942. The Morgan fingerprint density at radius 3 is 2.58 bits per heavy atom. The van der Waals surface area contributed by atoms with Gasteiger partial charge in [0.2, 0.25) is 5.91 Å². The molecule has 1 aromatic rings. The lowest BCUT2D eigenvalue weighted by molar-refractivity contribution is -0.117. The summed E-state index contributed by atoms with van der Waals surface area (Å²) in [5.74, 6) is 1.21. The molecule has 8 heteroatoms. The van der Waals surface area contributed by atoms with Crippen molar-refractivity contribution in [2.45, 2.75) is 77.0 Å². The van der Waals surface area contributed by atoms with Crippen LogP contribution in [0.25, 0.3) is 0 Å². The first-order valence-corrected chi connectivity index (χ1v) is 11.2. The zero-order valence-electron chi connectivity index (χ0n) is 18.1. The fraction of sp³-hybridized carbons (Fsp3) is 0.565. The van der Waals surface area contributed by atoms with Gasteiger partial charge in [-0.25, -0.2) is 9.97 Å². The molecule has 0 bridgehead atoms. The molecule has 8 nitrogen and oxygen atoms in total. The van der Waals surface area contributed by atoms with Crippen molar-refractivity contribution in [1.82, 2.24) is 14.9 Å². The van der Waals surface area contributed by atoms with Crippen molar-refractivity contribution in [3.05, 3.63) is 34.9 Å². The molecule has 164 valence electrons. The zero-order chi connectivity index (χ0) is 21.8. The van der Waals surface area contributed by atoms with Gasteiger partial charge in [-0.3, -0.25) is 9.59 Å². The van der Waals surface area contributed by atoms with Crippen LogP contribution < -0.4 is 10.6 Å². The van der Waals surface area contributed by atoms with Gasteiger partial charge in [-0.1, -0.05) is 19.3 Å². The number of fused-ring (bicyclic) bond motifs is 2. The number of anilines is 2. The number of nitrogens with one attached hydrogen (secondary N) is 2. The van der Waals surface area contributed by atoms with E-state index in [0.29, 0.717) is 35.0 Å². The van der Waals surface area contributed by atoms with E-state index < -0.39 is 6.23 Å². The standard InChI is InChI=1S/C23H29N5O3/c1-13-10-16(22(31)28-18(13)17(29)11-23(28)8-4-3-5-9-23)26-19-14(2)20(25-12-24-19)27-21(30)15-6-7-15/h10,12,15,22,31H,3-9,11H2,1-2H3,(H2,24,25,26,27,30). The Kier molecular flexibility index (Phi) is 4.84. The van der Waals surface area contributed by atoms with E-state index >= 15 is 0 Å². The molecule has 1 aromatic heterocycles. The lowest BCUT2D eigenvalue weighted by Gasteiger charge is -2.46. The van der Waals surface area contributed by atoms with Crippen molar-refractivity contribution >= 4 is 23.3 Å². The smallest absolute Gasteiger partial charge is 0.228 e. The zero-order valence-corrected chi connectivity index (χ0v) is 18.1. The van der Waals surface area contributed by atoms with E-state index in [1.807, 2.05) is 24.8 Å². The van der Waals surface area contributed by atoms with Gasteiger partial charge in [0.25, 0.3) is 0 Å². The van der Waals surface area contributed by atoms with Gasteiger partial charge in [0, 0.05) is 17.9 Å². The second-order valence-corrected chi connectivity index (χ2v) is 9.34. The lowest BCUT2D eigenvalue weighted by Crippen LogP contribution is -2.52. The Morgan fingerprint density at radius 2 is 1.87 bits per heavy atom. The quantitative estimate of drug-likeness (QED) is 0.683. The number of hydrogen-bond acceptors (Lipinski definition) is 7. The second kappa shape index (κ2) is 7.44. The molecular formula is C23H29N5O3. The third-order valence-electron chi connectivity index (χ3n) is 7.09. The molecule has 2 aliphatic heterocycles. The van der Waals surface area contributed by atoms with Gasteiger partial charge in [-0.15, -0.1) is 0 Å². The van der Waals surface area contributed by atoms with E-state index in [-0.39, 0.29) is 23.1 Å². The van der Waals surface area contributed by atoms with Crippen LogP contribution in [0.1, 0.15) is 63.9 Å². The Balaban J connectivity index is 1.43. The summed E-state index contributed by atoms with van der Waals surface area (Å²) < 4.78 is 0. The predicted molar refractivity (Wildman–Crippen MR) is 116 cm³/mol. The average Bonchev–Trinajstić information content (AvgIpc) is 3.55. The number of carbonyl (C=O) groups is 2. The SMILES string of the molecule is CC1=C2C(=O)CC3(CCCCC3)N2C(O)C(Nc2ncnc(NC(=O)C3CC3)c2C)=C1. The number of carbonyl (C=O) groups excluding carboxylic acids is 2. The van der Waals surface area contributed by atoms with Crippen molar-refractivity contribution in [3.8, 4) is 0 Å². The molecule has 0 radical (unpaired) electrons. The number of Topliss-reactive ketones (excluding diaryl/α,β-unsaturated/α-hetero) is 1. The topological polar surface area (TPSA) is 107 Å². The first-order valence-electron chi connectivity index (χ1n) is 11.2. The third-order valence-corrected chi connectivity index (χ3v) is 7.09. The number of hydrogen-bond donors (Lipinski definition) is 3. The van der Waals surface area contributed by atoms with Crippen LogP contribution in [0, 0.1) is 12.8 Å². The second-order valence-electron chi connectivity index (χ2n) is 9.34. The molecule has 2 aliphatic carbocycles. The van der Waals surface area contributed by atoms with Gasteiger partial charge in [0.05, 0.1) is 16.9 Å². The van der Waals surface area contributed by atoms with Crippen LogP contribution in [0.4, 0.5) is 11.6 Å². The number of rotatable bonds is 4. The number of ketones is 1. The highest BCUT2D eigenvalue weighted by atomic mass is 16.3. The van der Waals surface area contributed by atoms with E-state index in [1.54, 1.807) is 0 Å². The number of aliphatic hydroxyl groups is 1. The van der Waals surface area contributed by atoms with Crippen LogP contribution >= 0.6 is 0 Å². The highest BCUT2D eigenvalue weighted by Crippen LogP contribution is 2.48. The number of allylic oxidation sites excluding steroid dienone is 3. The third kappa shape index (κ3) is 3.43. The molecule has 3 heterocycles. The molecule has 1 saturated heterocycles. The van der Waals surface area contributed by atoms with E-state index in [4.69, 9.17) is 0 Å². The van der Waals surface area contributed by atoms with Crippen LogP contribution in [-0.2, 0) is 9.59 Å². The molecule has 1 amide bonds. The van der Waals surface area contributed by atoms with Gasteiger partial charge >= 0.3 is 0 Å². The van der Waals surface area contributed by atoms with E-state index in [2.05, 4.69) is 20.6 Å². The molecule has 0 aromatic carbocycles. The fourth-order valence-electron chi connectivity index (χ4n) is 5.28. The Hall–Kier alpha value is -2.74. The van der Waals surface area contributed by atoms with Gasteiger partial charge in [-0.2, -0.15) is 0 Å². The Labute approximate surface area is 181 Å². The number of amides is 1. The average molecular weight is 424 g/mol. The number of aliphatic hydroxyl groups excluding tert-OH is 1. The summed E-state index contributed by atoms with van der Waals surface area (Å²) in [7, 11) is 0. The highest BCUT2D eigenvalue weighted by Gasteiger charge is 2.52. The van der Waals surface area contributed by atoms with E-state index in [0.717, 1.165) is 44.1 Å². The van der Waals surface area contributed by atoms with Crippen LogP contribution in [0.3, 0.4) is 0 Å². The van der Waals surface area contributed by atoms with E-state index in [9.17, 15) is 14.7 Å². The monoisotopic (exact) mass is 423 g/mol. The molecule has 1 spiro atoms. The van der Waals surface area contributed by atoms with E-state index in [1.165, 1.54) is 12.7 Å². The normalized spacial score (nSPS) is 24.9. The summed E-state index contributed by atoms with van der Waals surface area (Å²) in [6.07, 6.45) is 9.78. The molecule has 1 unspecified atom stereocenters. The molecular weight excluding hydrogens is 394 g/mol. The molecule has 3 fully saturated rings. The summed E-state index contributed by atoms with van der Waals surface area (Å²) >= 11 is 0. The van der Waals surface area contributed by atoms with Crippen molar-refractivity contribution < 1.29 is 14.7 Å². The fourth-order valence-corrected chi connectivity index (χ4v) is 5.28.